The quantitative estimate of drug-likeness (QED) is 0.682. The fourth-order valence-electron chi connectivity index (χ4n) is 4.98. The molecule has 0 aromatic heterocycles. The molecule has 6 nitrogen and oxygen atoms in total. The summed E-state index contributed by atoms with van der Waals surface area (Å²) in [6.07, 6.45) is 1.23. The maximum Gasteiger partial charge on any atom is 0.243 e. The first-order valence-electron chi connectivity index (χ1n) is 11.2. The van der Waals surface area contributed by atoms with Crippen molar-refractivity contribution in [2.24, 2.45) is 4.99 Å². The fraction of sp³-hybridized carbons (Fsp3) is 0.458. The van der Waals surface area contributed by atoms with Gasteiger partial charge in [0.25, 0.3) is 0 Å². The summed E-state index contributed by atoms with van der Waals surface area (Å²) in [4.78, 5) is 5.13. The van der Waals surface area contributed by atoms with E-state index in [4.69, 9.17) is 16.6 Å². The summed E-state index contributed by atoms with van der Waals surface area (Å²) < 4.78 is 42.0. The van der Waals surface area contributed by atoms with E-state index in [2.05, 4.69) is 10.6 Å². The molecular formula is C24H30ClFN4O2S. The first-order chi connectivity index (χ1) is 15.6. The molecule has 4 rings (SSSR count). The van der Waals surface area contributed by atoms with Crippen LogP contribution in [0.15, 0.2) is 40.2 Å². The van der Waals surface area contributed by atoms with Crippen molar-refractivity contribution in [3.8, 4) is 0 Å². The molecular weight excluding hydrogens is 463 g/mol. The predicted molar refractivity (Wildman–Crippen MR) is 130 cm³/mol. The van der Waals surface area contributed by atoms with Gasteiger partial charge in [0, 0.05) is 26.2 Å². The van der Waals surface area contributed by atoms with Crippen LogP contribution in [0.25, 0.3) is 0 Å². The van der Waals surface area contributed by atoms with E-state index in [-0.39, 0.29) is 5.02 Å². The Bertz CT molecular complexity index is 1170. The van der Waals surface area contributed by atoms with Crippen LogP contribution >= 0.6 is 11.6 Å². The van der Waals surface area contributed by atoms with E-state index >= 15 is 0 Å². The molecule has 178 valence electrons. The lowest BCUT2D eigenvalue weighted by Crippen LogP contribution is -2.64. The molecule has 0 aliphatic carbocycles. The first-order valence-corrected chi connectivity index (χ1v) is 13.0. The van der Waals surface area contributed by atoms with Gasteiger partial charge < -0.3 is 10.6 Å². The molecule has 0 unspecified atom stereocenters. The highest BCUT2D eigenvalue weighted by Gasteiger charge is 2.43. The molecule has 1 spiro atoms. The standard InChI is InChI=1S/C24H30ClFN4O2S/c1-16-12-17(2)22(18(3)13-16)33(31,32)30-10-6-24(7-11-30)23(27-8-9-29-24)28-15-19-4-5-21(26)20(25)14-19/h4-5,12-14,29H,6-11,15H2,1-3H3,(H,27,28). The average molecular weight is 493 g/mol. The van der Waals surface area contributed by atoms with Gasteiger partial charge in [0.15, 0.2) is 0 Å². The summed E-state index contributed by atoms with van der Waals surface area (Å²) in [6.45, 7) is 8.37. The number of nitrogens with zero attached hydrogens (tertiary/aromatic N) is 2. The van der Waals surface area contributed by atoms with E-state index in [9.17, 15) is 12.8 Å². The van der Waals surface area contributed by atoms with Crippen LogP contribution in [0.1, 0.15) is 35.1 Å². The molecule has 1 fully saturated rings. The van der Waals surface area contributed by atoms with Crippen LogP contribution in [-0.4, -0.2) is 50.3 Å². The second-order valence-electron chi connectivity index (χ2n) is 8.97. The third kappa shape index (κ3) is 4.80. The smallest absolute Gasteiger partial charge is 0.243 e. The van der Waals surface area contributed by atoms with Crippen molar-refractivity contribution in [3.05, 3.63) is 63.4 Å². The molecule has 0 bridgehead atoms. The van der Waals surface area contributed by atoms with Gasteiger partial charge in [-0.1, -0.05) is 35.4 Å². The van der Waals surface area contributed by atoms with Crippen molar-refractivity contribution in [2.45, 2.75) is 50.6 Å². The Morgan fingerprint density at radius 3 is 2.45 bits per heavy atom. The lowest BCUT2D eigenvalue weighted by Gasteiger charge is -2.44. The summed E-state index contributed by atoms with van der Waals surface area (Å²) in [5.41, 5.74) is 3.08. The van der Waals surface area contributed by atoms with Crippen molar-refractivity contribution in [1.29, 1.82) is 0 Å². The van der Waals surface area contributed by atoms with Gasteiger partial charge >= 0.3 is 0 Å². The number of hydrogen-bond acceptors (Lipinski definition) is 5. The summed E-state index contributed by atoms with van der Waals surface area (Å²) in [7, 11) is -3.58. The van der Waals surface area contributed by atoms with E-state index in [1.165, 1.54) is 6.07 Å². The Morgan fingerprint density at radius 2 is 1.82 bits per heavy atom. The van der Waals surface area contributed by atoms with Crippen molar-refractivity contribution in [1.82, 2.24) is 14.9 Å². The molecule has 0 saturated carbocycles. The fourth-order valence-corrected chi connectivity index (χ4v) is 7.04. The number of aliphatic imine (C=N–C) groups is 1. The van der Waals surface area contributed by atoms with Crippen molar-refractivity contribution < 1.29 is 12.8 Å². The van der Waals surface area contributed by atoms with Gasteiger partial charge in [-0.05, 0) is 62.4 Å². The Kier molecular flexibility index (Phi) is 6.82. The number of rotatable bonds is 4. The topological polar surface area (TPSA) is 73.8 Å². The highest BCUT2D eigenvalue weighted by molar-refractivity contribution is 7.89. The van der Waals surface area contributed by atoms with Crippen LogP contribution in [-0.2, 0) is 16.6 Å². The summed E-state index contributed by atoms with van der Waals surface area (Å²) >= 11 is 5.91. The van der Waals surface area contributed by atoms with Crippen molar-refractivity contribution in [3.63, 3.8) is 0 Å². The molecule has 0 radical (unpaired) electrons. The maximum absolute atomic E-state index is 13.5. The number of nitrogens with one attached hydrogen (secondary N) is 2. The van der Waals surface area contributed by atoms with Crippen LogP contribution in [0.4, 0.5) is 4.39 Å². The number of benzene rings is 2. The molecule has 2 aromatic rings. The van der Waals surface area contributed by atoms with E-state index in [0.29, 0.717) is 43.9 Å². The zero-order valence-electron chi connectivity index (χ0n) is 19.2. The van der Waals surface area contributed by atoms with Crippen molar-refractivity contribution >= 4 is 27.5 Å². The highest BCUT2D eigenvalue weighted by atomic mass is 35.5. The van der Waals surface area contributed by atoms with E-state index in [1.807, 2.05) is 32.9 Å². The molecule has 33 heavy (non-hydrogen) atoms. The van der Waals surface area contributed by atoms with Gasteiger partial charge in [0.2, 0.25) is 10.0 Å². The van der Waals surface area contributed by atoms with E-state index < -0.39 is 21.4 Å². The van der Waals surface area contributed by atoms with Gasteiger partial charge in [0.1, 0.15) is 11.7 Å². The number of sulfonamides is 1. The molecule has 2 aliphatic rings. The van der Waals surface area contributed by atoms with Crippen LogP contribution in [0.5, 0.6) is 0 Å². The summed E-state index contributed by atoms with van der Waals surface area (Å²) in [6, 6.07) is 8.50. The Labute approximate surface area is 200 Å². The highest BCUT2D eigenvalue weighted by Crippen LogP contribution is 2.31. The van der Waals surface area contributed by atoms with Gasteiger partial charge in [-0.2, -0.15) is 4.31 Å². The Hall–Kier alpha value is -2.00. The number of halogens is 2. The van der Waals surface area contributed by atoms with Crippen molar-refractivity contribution in [2.75, 3.05) is 26.2 Å². The molecule has 2 heterocycles. The van der Waals surface area contributed by atoms with Crippen LogP contribution in [0, 0.1) is 26.6 Å². The zero-order valence-corrected chi connectivity index (χ0v) is 20.8. The van der Waals surface area contributed by atoms with Gasteiger partial charge in [-0.15, -0.1) is 0 Å². The van der Waals surface area contributed by atoms with E-state index in [0.717, 1.165) is 34.6 Å². The molecule has 2 aliphatic heterocycles. The average Bonchev–Trinajstić information content (AvgIpc) is 2.75. The third-order valence-electron chi connectivity index (χ3n) is 6.52. The predicted octanol–water partition coefficient (Wildman–Crippen LogP) is 3.72. The number of amidine groups is 1. The largest absolute Gasteiger partial charge is 0.368 e. The summed E-state index contributed by atoms with van der Waals surface area (Å²) in [5, 5.41) is 7.07. The monoisotopic (exact) mass is 492 g/mol. The molecule has 9 heteroatoms. The minimum atomic E-state index is -3.58. The van der Waals surface area contributed by atoms with Gasteiger partial charge in [0.05, 0.1) is 22.0 Å². The molecule has 2 aromatic carbocycles. The Morgan fingerprint density at radius 1 is 1.15 bits per heavy atom. The molecule has 1 saturated heterocycles. The lowest BCUT2D eigenvalue weighted by molar-refractivity contribution is 0.241. The van der Waals surface area contributed by atoms with Crippen LogP contribution in [0.2, 0.25) is 5.02 Å². The summed E-state index contributed by atoms with van der Waals surface area (Å²) in [5.74, 6) is 0.384. The van der Waals surface area contributed by atoms with Gasteiger partial charge in [-0.25, -0.2) is 12.8 Å². The minimum absolute atomic E-state index is 0.0907. The molecule has 2 N–H and O–H groups in total. The zero-order chi connectivity index (χ0) is 23.8. The molecule has 0 atom stereocenters. The van der Waals surface area contributed by atoms with E-state index in [1.54, 1.807) is 16.4 Å². The first kappa shape index (κ1) is 24.1. The minimum Gasteiger partial charge on any atom is -0.368 e. The lowest BCUT2D eigenvalue weighted by atomic mass is 9.85. The third-order valence-corrected chi connectivity index (χ3v) is 9.02. The SMILES string of the molecule is Cc1cc(C)c(S(=O)(=O)N2CCC3(CC2)NCCN=C3NCc2ccc(F)c(Cl)c2)c(C)c1. The number of piperidine rings is 1. The number of hydrogen-bond donors (Lipinski definition) is 2. The van der Waals surface area contributed by atoms with Crippen LogP contribution < -0.4 is 10.6 Å². The Balaban J connectivity index is 1.49. The van der Waals surface area contributed by atoms with Gasteiger partial charge in [-0.3, -0.25) is 4.99 Å². The second kappa shape index (κ2) is 9.33. The normalized spacial score (nSPS) is 18.9. The number of aryl methyl sites for hydroxylation is 3. The maximum atomic E-state index is 13.5. The van der Waals surface area contributed by atoms with Crippen LogP contribution in [0.3, 0.4) is 0 Å². The molecule has 0 amide bonds. The second-order valence-corrected chi connectivity index (χ2v) is 11.3.